The van der Waals surface area contributed by atoms with Crippen molar-refractivity contribution in [3.05, 3.63) is 70.3 Å². The van der Waals surface area contributed by atoms with Crippen LogP contribution in [0.25, 0.3) is 0 Å². The lowest BCUT2D eigenvalue weighted by molar-refractivity contribution is 0.0937. The maximum atomic E-state index is 12.8. The van der Waals surface area contributed by atoms with E-state index in [1.165, 1.54) is 0 Å². The summed E-state index contributed by atoms with van der Waals surface area (Å²) in [5.74, 6) is -0.852. The summed E-state index contributed by atoms with van der Waals surface area (Å²) in [6, 6.07) is 11.5. The average Bonchev–Trinajstić information content (AvgIpc) is 2.62. The van der Waals surface area contributed by atoms with Crippen LogP contribution in [0.2, 0.25) is 0 Å². The maximum Gasteiger partial charge on any atom is 0.252 e. The lowest BCUT2D eigenvalue weighted by Crippen LogP contribution is -2.30. The average molecular weight is 322 g/mol. The van der Waals surface area contributed by atoms with Crippen LogP contribution in [-0.2, 0) is 0 Å². The molecule has 5 heteroatoms. The molecule has 0 radical (unpaired) electrons. The summed E-state index contributed by atoms with van der Waals surface area (Å²) in [6.07, 6.45) is 1.59. The molecule has 0 bridgehead atoms. The van der Waals surface area contributed by atoms with Crippen molar-refractivity contribution in [3.8, 4) is 0 Å². The summed E-state index contributed by atoms with van der Waals surface area (Å²) in [5, 5.41) is 2.79. The summed E-state index contributed by atoms with van der Waals surface area (Å²) in [7, 11) is 0. The molecule has 0 heterocycles. The Hall–Kier alpha value is -2.79. The fraction of sp³-hybridized carbons (Fsp3) is 0.211. The molecule has 3 rings (SSSR count). The van der Waals surface area contributed by atoms with E-state index in [1.54, 1.807) is 42.5 Å². The van der Waals surface area contributed by atoms with Crippen molar-refractivity contribution in [2.75, 3.05) is 13.1 Å². The smallest absolute Gasteiger partial charge is 0.252 e. The van der Waals surface area contributed by atoms with E-state index in [-0.39, 0.29) is 34.2 Å². The normalized spacial score (nSPS) is 12.5. The Balaban J connectivity index is 1.97. The highest BCUT2D eigenvalue weighted by atomic mass is 16.2. The van der Waals surface area contributed by atoms with Gasteiger partial charge in [0.2, 0.25) is 0 Å². The molecule has 122 valence electrons. The zero-order valence-corrected chi connectivity index (χ0v) is 13.2. The van der Waals surface area contributed by atoms with Crippen LogP contribution in [0.4, 0.5) is 0 Å². The van der Waals surface area contributed by atoms with E-state index in [4.69, 9.17) is 5.73 Å². The third-order valence-corrected chi connectivity index (χ3v) is 4.11. The number of nitrogens with one attached hydrogen (secondary N) is 1. The van der Waals surface area contributed by atoms with Gasteiger partial charge in [-0.05, 0) is 25.5 Å². The van der Waals surface area contributed by atoms with Gasteiger partial charge < -0.3 is 11.1 Å². The molecule has 3 N–H and O–H groups in total. The highest BCUT2D eigenvalue weighted by Gasteiger charge is 2.32. The van der Waals surface area contributed by atoms with Crippen LogP contribution in [-0.4, -0.2) is 30.6 Å². The zero-order chi connectivity index (χ0) is 17.1. The van der Waals surface area contributed by atoms with E-state index in [0.717, 1.165) is 12.8 Å². The third-order valence-electron chi connectivity index (χ3n) is 4.11. The Kier molecular flexibility index (Phi) is 4.53. The van der Waals surface area contributed by atoms with Gasteiger partial charge in [0.15, 0.2) is 11.6 Å². The molecule has 0 atom stereocenters. The minimum Gasteiger partial charge on any atom is -0.352 e. The van der Waals surface area contributed by atoms with Crippen LogP contribution in [0.3, 0.4) is 0 Å². The quantitative estimate of drug-likeness (QED) is 0.702. The van der Waals surface area contributed by atoms with E-state index < -0.39 is 0 Å². The van der Waals surface area contributed by atoms with Gasteiger partial charge in [-0.15, -0.1) is 0 Å². The molecular weight excluding hydrogens is 304 g/mol. The molecule has 24 heavy (non-hydrogen) atoms. The van der Waals surface area contributed by atoms with Gasteiger partial charge in [-0.25, -0.2) is 0 Å². The van der Waals surface area contributed by atoms with Crippen molar-refractivity contribution in [3.63, 3.8) is 0 Å². The number of amides is 1. The molecule has 0 fully saturated rings. The Morgan fingerprint density at radius 3 is 2.25 bits per heavy atom. The number of benzene rings is 2. The van der Waals surface area contributed by atoms with Gasteiger partial charge in [0.05, 0.1) is 5.56 Å². The number of hydrogen-bond donors (Lipinski definition) is 2. The van der Waals surface area contributed by atoms with Gasteiger partial charge in [-0.3, -0.25) is 14.4 Å². The van der Waals surface area contributed by atoms with Crippen molar-refractivity contribution in [2.24, 2.45) is 5.73 Å². The number of carbonyl (C=O) groups excluding carboxylic acids is 3. The lowest BCUT2D eigenvalue weighted by Gasteiger charge is -2.19. The van der Waals surface area contributed by atoms with E-state index in [1.807, 2.05) is 0 Å². The van der Waals surface area contributed by atoms with Gasteiger partial charge in [0, 0.05) is 28.8 Å². The molecule has 5 nitrogen and oxygen atoms in total. The number of carbonyl (C=O) groups is 3. The van der Waals surface area contributed by atoms with Crippen LogP contribution in [0.5, 0.6) is 0 Å². The van der Waals surface area contributed by atoms with Crippen molar-refractivity contribution < 1.29 is 14.4 Å². The van der Waals surface area contributed by atoms with Gasteiger partial charge in [0.1, 0.15) is 0 Å². The molecule has 1 amide bonds. The van der Waals surface area contributed by atoms with Crippen molar-refractivity contribution >= 4 is 17.5 Å². The summed E-state index contributed by atoms with van der Waals surface area (Å²) in [5.41, 5.74) is 6.88. The molecule has 1 aliphatic rings. The van der Waals surface area contributed by atoms with Crippen LogP contribution >= 0.6 is 0 Å². The second kappa shape index (κ2) is 6.76. The fourth-order valence-corrected chi connectivity index (χ4v) is 2.90. The molecule has 1 aliphatic carbocycles. The van der Waals surface area contributed by atoms with Gasteiger partial charge in [-0.2, -0.15) is 0 Å². The molecule has 0 saturated heterocycles. The summed E-state index contributed by atoms with van der Waals surface area (Å²) in [6.45, 7) is 1.05. The second-order valence-corrected chi connectivity index (χ2v) is 5.68. The highest BCUT2D eigenvalue weighted by molar-refractivity contribution is 6.30. The predicted molar refractivity (Wildman–Crippen MR) is 90.4 cm³/mol. The molecular formula is C19H18N2O3. The lowest BCUT2D eigenvalue weighted by atomic mass is 9.81. The van der Waals surface area contributed by atoms with Crippen LogP contribution in [0.1, 0.15) is 55.0 Å². The summed E-state index contributed by atoms with van der Waals surface area (Å²) < 4.78 is 0. The first-order valence-corrected chi connectivity index (χ1v) is 7.95. The Bertz CT molecular complexity index is 827. The molecule has 0 unspecified atom stereocenters. The van der Waals surface area contributed by atoms with Crippen LogP contribution in [0.15, 0.2) is 42.5 Å². The first-order valence-electron chi connectivity index (χ1n) is 7.95. The Labute approximate surface area is 139 Å². The molecule has 0 aromatic heterocycles. The van der Waals surface area contributed by atoms with Crippen molar-refractivity contribution in [2.45, 2.75) is 12.8 Å². The minimum absolute atomic E-state index is 0.192. The summed E-state index contributed by atoms with van der Waals surface area (Å²) >= 11 is 0. The largest absolute Gasteiger partial charge is 0.352 e. The Morgan fingerprint density at radius 1 is 0.875 bits per heavy atom. The first kappa shape index (κ1) is 16.1. The van der Waals surface area contributed by atoms with Crippen molar-refractivity contribution in [1.82, 2.24) is 5.32 Å². The number of nitrogens with two attached hydrogens (primary N) is 1. The molecule has 0 aliphatic heterocycles. The number of rotatable bonds is 5. The summed E-state index contributed by atoms with van der Waals surface area (Å²) in [4.78, 5) is 37.9. The zero-order valence-electron chi connectivity index (χ0n) is 13.2. The van der Waals surface area contributed by atoms with Crippen LogP contribution < -0.4 is 11.1 Å². The van der Waals surface area contributed by atoms with Crippen LogP contribution in [0, 0.1) is 0 Å². The first-order chi connectivity index (χ1) is 11.6. The predicted octanol–water partition coefficient (Wildman–Crippen LogP) is 1.93. The van der Waals surface area contributed by atoms with Crippen molar-refractivity contribution in [1.29, 1.82) is 0 Å². The van der Waals surface area contributed by atoms with E-state index in [9.17, 15) is 14.4 Å². The SMILES string of the molecule is NCCCCNC(=O)c1cccc2c1C(=O)c1ccccc1C2=O. The topological polar surface area (TPSA) is 89.3 Å². The number of unbranched alkanes of at least 4 members (excludes halogenated alkanes) is 1. The fourth-order valence-electron chi connectivity index (χ4n) is 2.90. The Morgan fingerprint density at radius 2 is 1.54 bits per heavy atom. The third kappa shape index (κ3) is 2.74. The van der Waals surface area contributed by atoms with Gasteiger partial charge >= 0.3 is 0 Å². The molecule has 2 aromatic rings. The monoisotopic (exact) mass is 322 g/mol. The maximum absolute atomic E-state index is 12.8. The minimum atomic E-state index is -0.343. The number of hydrogen-bond acceptors (Lipinski definition) is 4. The van der Waals surface area contributed by atoms with Gasteiger partial charge in [-0.1, -0.05) is 36.4 Å². The standard InChI is InChI=1S/C19H18N2O3/c20-10-3-4-11-21-19(24)15-9-5-8-14-16(15)18(23)13-7-2-1-6-12(13)17(14)22/h1-2,5-9H,3-4,10-11,20H2,(H,21,24). The molecule has 2 aromatic carbocycles. The molecule has 0 spiro atoms. The van der Waals surface area contributed by atoms with E-state index >= 15 is 0 Å². The molecule has 0 saturated carbocycles. The van der Waals surface area contributed by atoms with E-state index in [2.05, 4.69) is 5.32 Å². The van der Waals surface area contributed by atoms with Gasteiger partial charge in [0.25, 0.3) is 5.91 Å². The number of ketones is 2. The van der Waals surface area contributed by atoms with E-state index in [0.29, 0.717) is 24.2 Å². The highest BCUT2D eigenvalue weighted by Crippen LogP contribution is 2.29. The number of fused-ring (bicyclic) bond motifs is 2. The second-order valence-electron chi connectivity index (χ2n) is 5.68.